The van der Waals surface area contributed by atoms with Crippen LogP contribution in [0.2, 0.25) is 0 Å². The van der Waals surface area contributed by atoms with E-state index in [9.17, 15) is 0 Å². The second-order valence-corrected chi connectivity index (χ2v) is 11.7. The van der Waals surface area contributed by atoms with Crippen LogP contribution in [0.5, 0.6) is 0 Å². The highest BCUT2D eigenvalue weighted by molar-refractivity contribution is 6.11. The predicted octanol–water partition coefficient (Wildman–Crippen LogP) is 11.0. The zero-order valence-electron chi connectivity index (χ0n) is 25.8. The Balaban J connectivity index is 1.25. The van der Waals surface area contributed by atoms with Crippen LogP contribution in [0.3, 0.4) is 0 Å². The lowest BCUT2D eigenvalue weighted by Gasteiger charge is -2.25. The molecule has 8 rings (SSSR count). The van der Waals surface area contributed by atoms with Crippen LogP contribution in [-0.4, -0.2) is 14.5 Å². The zero-order chi connectivity index (χ0) is 31.0. The fourth-order valence-corrected chi connectivity index (χ4v) is 6.68. The minimum Gasteiger partial charge on any atom is -0.310 e. The number of hydrogen-bond acceptors (Lipinski definition) is 3. The first-order valence-electron chi connectivity index (χ1n) is 15.6. The number of hydrogen-bond donors (Lipinski definition) is 0. The zero-order valence-corrected chi connectivity index (χ0v) is 25.8. The molecule has 4 nitrogen and oxygen atoms in total. The molecule has 0 spiro atoms. The van der Waals surface area contributed by atoms with E-state index < -0.39 is 0 Å². The summed E-state index contributed by atoms with van der Waals surface area (Å²) in [5.41, 5.74) is 12.8. The number of rotatable bonds is 6. The Kier molecular flexibility index (Phi) is 6.88. The molecular weight excluding hydrogens is 560 g/mol. The summed E-state index contributed by atoms with van der Waals surface area (Å²) in [4.78, 5) is 11.1. The number of para-hydroxylation sites is 3. The molecule has 6 aromatic carbocycles. The third kappa shape index (κ3) is 4.81. The van der Waals surface area contributed by atoms with Gasteiger partial charge in [0.05, 0.1) is 16.7 Å². The average Bonchev–Trinajstić information content (AvgIpc) is 3.43. The highest BCUT2D eigenvalue weighted by atomic mass is 15.1. The van der Waals surface area contributed by atoms with Crippen LogP contribution in [0.1, 0.15) is 11.1 Å². The Hall–Kier alpha value is -6.00. The Morgan fingerprint density at radius 1 is 0.457 bits per heavy atom. The van der Waals surface area contributed by atoms with Gasteiger partial charge in [-0.25, -0.2) is 9.97 Å². The third-order valence-electron chi connectivity index (χ3n) is 8.70. The summed E-state index contributed by atoms with van der Waals surface area (Å²) in [7, 11) is 0. The molecule has 0 fully saturated rings. The van der Waals surface area contributed by atoms with Gasteiger partial charge in [-0.05, 0) is 103 Å². The highest BCUT2D eigenvalue weighted by Crippen LogP contribution is 2.41. The van der Waals surface area contributed by atoms with Crippen LogP contribution in [0.15, 0.2) is 158 Å². The minimum absolute atomic E-state index is 0.738. The molecule has 2 heterocycles. The Morgan fingerprint density at radius 3 is 1.67 bits per heavy atom. The van der Waals surface area contributed by atoms with Crippen LogP contribution in [-0.2, 0) is 0 Å². The van der Waals surface area contributed by atoms with Gasteiger partial charge in [0.25, 0.3) is 0 Å². The topological polar surface area (TPSA) is 34.0 Å². The van der Waals surface area contributed by atoms with Gasteiger partial charge in [-0.2, -0.15) is 0 Å². The fraction of sp³-hybridized carbons (Fsp3) is 0.0476. The van der Waals surface area contributed by atoms with E-state index in [0.29, 0.717) is 0 Å². The molecule has 0 saturated carbocycles. The lowest BCUT2D eigenvalue weighted by Crippen LogP contribution is -2.09. The van der Waals surface area contributed by atoms with Crippen LogP contribution >= 0.6 is 0 Å². The van der Waals surface area contributed by atoms with Crippen LogP contribution < -0.4 is 4.90 Å². The first-order valence-corrected chi connectivity index (χ1v) is 15.6. The number of fused-ring (bicyclic) bond motifs is 3. The summed E-state index contributed by atoms with van der Waals surface area (Å²) < 4.78 is 2.44. The second kappa shape index (κ2) is 11.5. The maximum Gasteiger partial charge on any atom is 0.159 e. The van der Waals surface area contributed by atoms with Gasteiger partial charge in [0.2, 0.25) is 0 Å². The molecule has 0 aliphatic carbocycles. The van der Waals surface area contributed by atoms with E-state index in [-0.39, 0.29) is 0 Å². The van der Waals surface area contributed by atoms with Crippen molar-refractivity contribution in [2.24, 2.45) is 0 Å². The Labute approximate surface area is 268 Å². The maximum absolute atomic E-state index is 4.40. The van der Waals surface area contributed by atoms with Crippen molar-refractivity contribution in [2.45, 2.75) is 13.8 Å². The molecule has 0 unspecified atom stereocenters. The molecule has 0 aliphatic rings. The normalized spacial score (nSPS) is 11.3. The van der Waals surface area contributed by atoms with E-state index >= 15 is 0 Å². The smallest absolute Gasteiger partial charge is 0.159 e. The van der Waals surface area contributed by atoms with Crippen molar-refractivity contribution >= 4 is 38.9 Å². The third-order valence-corrected chi connectivity index (χ3v) is 8.70. The fourth-order valence-electron chi connectivity index (χ4n) is 6.68. The Morgan fingerprint density at radius 2 is 1.02 bits per heavy atom. The van der Waals surface area contributed by atoms with Crippen molar-refractivity contribution in [2.75, 3.05) is 4.90 Å². The number of aromatic nitrogens is 3. The summed E-state index contributed by atoms with van der Waals surface area (Å²) in [5, 5.41) is 2.47. The summed E-state index contributed by atoms with van der Waals surface area (Å²) in [6.45, 7) is 4.44. The lowest BCUT2D eigenvalue weighted by molar-refractivity contribution is 1.12. The number of anilines is 3. The number of aryl methyl sites for hydroxylation is 2. The van der Waals surface area contributed by atoms with Crippen molar-refractivity contribution in [3.8, 4) is 28.2 Å². The SMILES string of the molecule is Cc1cc(-c2ccc(-c3ncccn3)cc2)cc(C)c1-n1c2ccccc2c2cc(N(c3ccccc3)c3ccccc3)ccc21. The molecule has 0 bridgehead atoms. The van der Waals surface area contributed by atoms with E-state index in [0.717, 1.165) is 28.5 Å². The average molecular weight is 593 g/mol. The van der Waals surface area contributed by atoms with E-state index in [1.165, 1.54) is 49.7 Å². The van der Waals surface area contributed by atoms with Gasteiger partial charge < -0.3 is 9.47 Å². The largest absolute Gasteiger partial charge is 0.310 e. The van der Waals surface area contributed by atoms with Gasteiger partial charge in [0.1, 0.15) is 0 Å². The van der Waals surface area contributed by atoms with E-state index in [4.69, 9.17) is 0 Å². The van der Waals surface area contributed by atoms with Gasteiger partial charge in [-0.15, -0.1) is 0 Å². The first-order chi connectivity index (χ1) is 22.7. The van der Waals surface area contributed by atoms with E-state index in [2.05, 4.69) is 173 Å². The van der Waals surface area contributed by atoms with Gasteiger partial charge in [0, 0.05) is 45.8 Å². The van der Waals surface area contributed by atoms with Crippen molar-refractivity contribution in [3.05, 3.63) is 169 Å². The molecule has 0 radical (unpaired) electrons. The van der Waals surface area contributed by atoms with E-state index in [1.807, 2.05) is 6.07 Å². The molecule has 0 amide bonds. The van der Waals surface area contributed by atoms with Gasteiger partial charge >= 0.3 is 0 Å². The second-order valence-electron chi connectivity index (χ2n) is 11.7. The van der Waals surface area contributed by atoms with Gasteiger partial charge in [-0.3, -0.25) is 0 Å². The van der Waals surface area contributed by atoms with Crippen molar-refractivity contribution < 1.29 is 0 Å². The highest BCUT2D eigenvalue weighted by Gasteiger charge is 2.19. The Bertz CT molecular complexity index is 2240. The molecule has 220 valence electrons. The number of nitrogens with zero attached hydrogens (tertiary/aromatic N) is 4. The van der Waals surface area contributed by atoms with E-state index in [1.54, 1.807) is 12.4 Å². The summed E-state index contributed by atoms with van der Waals surface area (Å²) in [5.74, 6) is 0.738. The molecule has 0 atom stereocenters. The monoisotopic (exact) mass is 592 g/mol. The summed E-state index contributed by atoms with van der Waals surface area (Å²) in [6, 6.07) is 51.7. The molecule has 0 N–H and O–H groups in total. The minimum atomic E-state index is 0.738. The van der Waals surface area contributed by atoms with Crippen molar-refractivity contribution in [1.29, 1.82) is 0 Å². The number of benzene rings is 6. The van der Waals surface area contributed by atoms with Gasteiger partial charge in [-0.1, -0.05) is 78.9 Å². The summed E-state index contributed by atoms with van der Waals surface area (Å²) >= 11 is 0. The summed E-state index contributed by atoms with van der Waals surface area (Å²) in [6.07, 6.45) is 3.56. The molecule has 0 saturated heterocycles. The van der Waals surface area contributed by atoms with Gasteiger partial charge in [0.15, 0.2) is 5.82 Å². The lowest BCUT2D eigenvalue weighted by atomic mass is 9.97. The molecule has 4 heteroatoms. The van der Waals surface area contributed by atoms with Crippen molar-refractivity contribution in [3.63, 3.8) is 0 Å². The molecule has 0 aliphatic heterocycles. The molecule has 2 aromatic heterocycles. The first kappa shape index (κ1) is 27.5. The maximum atomic E-state index is 4.40. The standard InChI is InChI=1S/C42H32N4/c1-29-26-33(31-18-20-32(21-19-31)42-43-24-11-25-44-42)27-30(2)41(29)46-39-17-10-9-16-37(39)38-28-36(22-23-40(38)46)45(34-12-5-3-6-13-34)35-14-7-4-8-15-35/h3-28H,1-2H3. The van der Waals surface area contributed by atoms with Crippen LogP contribution in [0.4, 0.5) is 17.1 Å². The quantitative estimate of drug-likeness (QED) is 0.193. The van der Waals surface area contributed by atoms with Crippen molar-refractivity contribution in [1.82, 2.24) is 14.5 Å². The molecule has 8 aromatic rings. The molecular formula is C42H32N4. The molecule has 46 heavy (non-hydrogen) atoms. The van der Waals surface area contributed by atoms with Crippen LogP contribution in [0, 0.1) is 13.8 Å². The van der Waals surface area contributed by atoms with Crippen LogP contribution in [0.25, 0.3) is 50.0 Å². The predicted molar refractivity (Wildman–Crippen MR) is 191 cm³/mol.